The lowest BCUT2D eigenvalue weighted by atomic mass is 10.2. The summed E-state index contributed by atoms with van der Waals surface area (Å²) in [4.78, 5) is 22.6. The molecule has 0 saturated heterocycles. The number of rotatable bonds is 4. The summed E-state index contributed by atoms with van der Waals surface area (Å²) in [5.74, 6) is 0.654. The van der Waals surface area contributed by atoms with E-state index < -0.39 is 0 Å². The van der Waals surface area contributed by atoms with Crippen molar-refractivity contribution >= 4 is 17.5 Å². The summed E-state index contributed by atoms with van der Waals surface area (Å²) in [7, 11) is 0. The van der Waals surface area contributed by atoms with Gasteiger partial charge in [0.15, 0.2) is 0 Å². The van der Waals surface area contributed by atoms with E-state index in [2.05, 4.69) is 20.3 Å². The molecule has 0 saturated carbocycles. The molecule has 0 spiro atoms. The van der Waals surface area contributed by atoms with Crippen molar-refractivity contribution in [3.05, 3.63) is 47.3 Å². The monoisotopic (exact) mass is 250 g/mol. The van der Waals surface area contributed by atoms with Gasteiger partial charge in [0.2, 0.25) is 0 Å². The number of nitrogens with one attached hydrogen (secondary N) is 2. The average molecular weight is 251 g/mol. The number of hydrogen-bond donors (Lipinski definition) is 2. The molecule has 2 aromatic heterocycles. The summed E-state index contributed by atoms with van der Waals surface area (Å²) in [6, 6.07) is 1.58. The van der Waals surface area contributed by atoms with E-state index in [0.717, 1.165) is 5.82 Å². The van der Waals surface area contributed by atoms with Gasteiger partial charge in [0.1, 0.15) is 5.82 Å². The standard InChI is InChI=1S/C11H11ClN4O/c12-9-5-8(6-13-7-9)11(17)16-2-1-10-14-3-4-15-10/h3-7H,1-2H2,(H,14,15)(H,16,17). The SMILES string of the molecule is O=C(NCCc1ncc[nH]1)c1cncc(Cl)c1. The Balaban J connectivity index is 1.85. The minimum Gasteiger partial charge on any atom is -0.352 e. The number of pyridine rings is 1. The predicted molar refractivity (Wildman–Crippen MR) is 63.9 cm³/mol. The van der Waals surface area contributed by atoms with E-state index in [0.29, 0.717) is 23.6 Å². The number of H-pyrrole nitrogens is 1. The van der Waals surface area contributed by atoms with E-state index in [-0.39, 0.29) is 5.91 Å². The number of aromatic nitrogens is 3. The van der Waals surface area contributed by atoms with Gasteiger partial charge in [-0.2, -0.15) is 0 Å². The van der Waals surface area contributed by atoms with Crippen molar-refractivity contribution in [1.29, 1.82) is 0 Å². The van der Waals surface area contributed by atoms with E-state index in [9.17, 15) is 4.79 Å². The molecule has 0 radical (unpaired) electrons. The summed E-state index contributed by atoms with van der Waals surface area (Å²) in [5, 5.41) is 3.21. The van der Waals surface area contributed by atoms with Crippen LogP contribution in [0.2, 0.25) is 5.02 Å². The van der Waals surface area contributed by atoms with Gasteiger partial charge in [-0.3, -0.25) is 9.78 Å². The van der Waals surface area contributed by atoms with Crippen molar-refractivity contribution in [2.24, 2.45) is 0 Å². The predicted octanol–water partition coefficient (Wildman–Crippen LogP) is 1.43. The molecule has 0 aliphatic rings. The number of nitrogens with zero attached hydrogens (tertiary/aromatic N) is 2. The number of imidazole rings is 1. The van der Waals surface area contributed by atoms with Gasteiger partial charge < -0.3 is 10.3 Å². The first kappa shape index (κ1) is 11.6. The van der Waals surface area contributed by atoms with Crippen LogP contribution in [-0.2, 0) is 6.42 Å². The molecule has 6 heteroatoms. The fraction of sp³-hybridized carbons (Fsp3) is 0.182. The Labute approximate surface area is 103 Å². The highest BCUT2D eigenvalue weighted by molar-refractivity contribution is 6.30. The molecule has 0 aliphatic heterocycles. The van der Waals surface area contributed by atoms with Crippen LogP contribution in [0, 0.1) is 0 Å². The van der Waals surface area contributed by atoms with Gasteiger partial charge in [-0.05, 0) is 6.07 Å². The van der Waals surface area contributed by atoms with Crippen molar-refractivity contribution in [2.45, 2.75) is 6.42 Å². The highest BCUT2D eigenvalue weighted by atomic mass is 35.5. The summed E-state index contributed by atoms with van der Waals surface area (Å²) < 4.78 is 0. The molecule has 2 aromatic rings. The molecule has 1 amide bonds. The van der Waals surface area contributed by atoms with E-state index >= 15 is 0 Å². The molecule has 0 aromatic carbocycles. The quantitative estimate of drug-likeness (QED) is 0.862. The zero-order chi connectivity index (χ0) is 12.1. The molecule has 0 atom stereocenters. The first-order valence-electron chi connectivity index (χ1n) is 5.13. The third-order valence-electron chi connectivity index (χ3n) is 2.17. The Bertz CT molecular complexity index is 498. The Kier molecular flexibility index (Phi) is 3.72. The fourth-order valence-electron chi connectivity index (χ4n) is 1.37. The maximum Gasteiger partial charge on any atom is 0.252 e. The van der Waals surface area contributed by atoms with Gasteiger partial charge in [-0.25, -0.2) is 4.98 Å². The van der Waals surface area contributed by atoms with Crippen LogP contribution in [0.15, 0.2) is 30.9 Å². The summed E-state index contributed by atoms with van der Waals surface area (Å²) >= 11 is 5.75. The number of carbonyl (C=O) groups excluding carboxylic acids is 1. The molecule has 2 heterocycles. The van der Waals surface area contributed by atoms with Crippen molar-refractivity contribution in [3.8, 4) is 0 Å². The average Bonchev–Trinajstić information content (AvgIpc) is 2.82. The molecule has 0 bridgehead atoms. The topological polar surface area (TPSA) is 70.7 Å². The maximum absolute atomic E-state index is 11.7. The van der Waals surface area contributed by atoms with Crippen LogP contribution in [0.5, 0.6) is 0 Å². The second-order valence-electron chi connectivity index (χ2n) is 3.43. The Hall–Kier alpha value is -1.88. The molecular formula is C11H11ClN4O. The van der Waals surface area contributed by atoms with Gasteiger partial charge in [0.05, 0.1) is 10.6 Å². The lowest BCUT2D eigenvalue weighted by Crippen LogP contribution is -2.26. The highest BCUT2D eigenvalue weighted by Crippen LogP contribution is 2.07. The highest BCUT2D eigenvalue weighted by Gasteiger charge is 2.06. The molecule has 5 nitrogen and oxygen atoms in total. The van der Waals surface area contributed by atoms with Gasteiger partial charge >= 0.3 is 0 Å². The van der Waals surface area contributed by atoms with Crippen LogP contribution >= 0.6 is 11.6 Å². The van der Waals surface area contributed by atoms with Crippen molar-refractivity contribution in [1.82, 2.24) is 20.3 Å². The molecule has 88 valence electrons. The van der Waals surface area contributed by atoms with E-state index in [1.165, 1.54) is 12.4 Å². The van der Waals surface area contributed by atoms with Crippen LogP contribution in [0.1, 0.15) is 16.2 Å². The zero-order valence-corrected chi connectivity index (χ0v) is 9.74. The van der Waals surface area contributed by atoms with Crippen LogP contribution in [0.4, 0.5) is 0 Å². The number of hydrogen-bond acceptors (Lipinski definition) is 3. The third-order valence-corrected chi connectivity index (χ3v) is 2.38. The molecule has 0 aliphatic carbocycles. The molecule has 0 fully saturated rings. The first-order chi connectivity index (χ1) is 8.25. The van der Waals surface area contributed by atoms with E-state index in [1.807, 2.05) is 0 Å². The largest absolute Gasteiger partial charge is 0.352 e. The van der Waals surface area contributed by atoms with Crippen molar-refractivity contribution in [3.63, 3.8) is 0 Å². The minimum atomic E-state index is -0.188. The minimum absolute atomic E-state index is 0.188. The number of aromatic amines is 1. The summed E-state index contributed by atoms with van der Waals surface area (Å²) in [5.41, 5.74) is 0.456. The first-order valence-corrected chi connectivity index (χ1v) is 5.50. The smallest absolute Gasteiger partial charge is 0.252 e. The van der Waals surface area contributed by atoms with Crippen LogP contribution < -0.4 is 5.32 Å². The zero-order valence-electron chi connectivity index (χ0n) is 8.98. The molecule has 2 rings (SSSR count). The van der Waals surface area contributed by atoms with E-state index in [1.54, 1.807) is 18.5 Å². The lowest BCUT2D eigenvalue weighted by molar-refractivity contribution is 0.0953. The molecule has 17 heavy (non-hydrogen) atoms. The van der Waals surface area contributed by atoms with Crippen LogP contribution in [0.25, 0.3) is 0 Å². The molecule has 0 unspecified atom stereocenters. The summed E-state index contributed by atoms with van der Waals surface area (Å²) in [6.07, 6.45) is 7.05. The third kappa shape index (κ3) is 3.29. The second-order valence-corrected chi connectivity index (χ2v) is 3.87. The van der Waals surface area contributed by atoms with Gasteiger partial charge in [0, 0.05) is 37.8 Å². The van der Waals surface area contributed by atoms with Gasteiger partial charge in [-0.15, -0.1) is 0 Å². The van der Waals surface area contributed by atoms with E-state index in [4.69, 9.17) is 11.6 Å². The van der Waals surface area contributed by atoms with Crippen molar-refractivity contribution < 1.29 is 4.79 Å². The van der Waals surface area contributed by atoms with Crippen LogP contribution in [-0.4, -0.2) is 27.4 Å². The lowest BCUT2D eigenvalue weighted by Gasteiger charge is -2.03. The number of amides is 1. The maximum atomic E-state index is 11.7. The van der Waals surface area contributed by atoms with Crippen molar-refractivity contribution in [2.75, 3.05) is 6.54 Å². The summed E-state index contributed by atoms with van der Waals surface area (Å²) in [6.45, 7) is 0.513. The molecular weight excluding hydrogens is 240 g/mol. The van der Waals surface area contributed by atoms with Gasteiger partial charge in [0.25, 0.3) is 5.91 Å². The molecule has 2 N–H and O–H groups in total. The van der Waals surface area contributed by atoms with Gasteiger partial charge in [-0.1, -0.05) is 11.6 Å². The Morgan fingerprint density at radius 2 is 2.35 bits per heavy atom. The Morgan fingerprint density at radius 3 is 3.06 bits per heavy atom. The second kappa shape index (κ2) is 5.45. The number of carbonyl (C=O) groups is 1. The fourth-order valence-corrected chi connectivity index (χ4v) is 1.54. The number of halogens is 1. The van der Waals surface area contributed by atoms with Crippen LogP contribution in [0.3, 0.4) is 0 Å². The normalized spacial score (nSPS) is 10.2. The Morgan fingerprint density at radius 1 is 1.47 bits per heavy atom.